The van der Waals surface area contributed by atoms with E-state index in [0.29, 0.717) is 11.3 Å². The predicted octanol–water partition coefficient (Wildman–Crippen LogP) is 13.3. The molecule has 0 aliphatic rings. The number of aromatic nitrogens is 2. The normalized spacial score (nSPS) is 14.7. The molecule has 0 bridgehead atoms. The van der Waals surface area contributed by atoms with Gasteiger partial charge in [0, 0.05) is 39.8 Å². The molecule has 0 spiro atoms. The summed E-state index contributed by atoms with van der Waals surface area (Å²) >= 11 is 25.0. The Labute approximate surface area is 381 Å². The van der Waals surface area contributed by atoms with Gasteiger partial charge in [-0.25, -0.2) is 14.8 Å². The average molecular weight is 969 g/mol. The van der Waals surface area contributed by atoms with Gasteiger partial charge in [0.1, 0.15) is 33.3 Å². The number of carboxylic acids is 1. The number of alkyl halides is 6. The summed E-state index contributed by atoms with van der Waals surface area (Å²) in [5.41, 5.74) is -7.95. The second-order valence-corrected chi connectivity index (χ2v) is 16.0. The number of benzene rings is 4. The van der Waals surface area contributed by atoms with Crippen molar-refractivity contribution < 1.29 is 60.4 Å². The van der Waals surface area contributed by atoms with E-state index in [4.69, 9.17) is 65.7 Å². The molecular formula is C45H32Cl4F6N2O7. The van der Waals surface area contributed by atoms with Crippen molar-refractivity contribution in [3.8, 4) is 23.0 Å². The van der Waals surface area contributed by atoms with Gasteiger partial charge in [-0.3, -0.25) is 4.79 Å². The molecule has 0 amide bonds. The number of ether oxygens (including phenoxy) is 3. The fourth-order valence-electron chi connectivity index (χ4n) is 7.07. The van der Waals surface area contributed by atoms with Crippen LogP contribution in [0.4, 0.5) is 26.3 Å². The number of rotatable bonds is 14. The lowest BCUT2D eigenvalue weighted by atomic mass is 9.77. The first-order chi connectivity index (χ1) is 30.0. The Morgan fingerprint density at radius 3 is 1.52 bits per heavy atom. The SMILES string of the molecule is CC(c1ccc(Oc2ccc(C(=O)OC(c3ccnc(Cl)c3)(C(C)c3ccc(Oc4ccc(CC(=O)O)cc4)cc3Cl)C(F)(F)F)cc2)cc1Cl)C(O)(c1ccnc(Cl)c1)C(F)(F)F. The topological polar surface area (TPSA) is 128 Å². The van der Waals surface area contributed by atoms with Crippen molar-refractivity contribution in [1.29, 1.82) is 0 Å². The molecule has 4 unspecified atom stereocenters. The Bertz CT molecular complexity index is 2670. The van der Waals surface area contributed by atoms with E-state index >= 15 is 13.2 Å². The summed E-state index contributed by atoms with van der Waals surface area (Å²) < 4.78 is 108. The maximum absolute atomic E-state index is 15.7. The minimum absolute atomic E-state index is 0.0280. The van der Waals surface area contributed by atoms with E-state index < -0.39 is 58.5 Å². The van der Waals surface area contributed by atoms with Crippen LogP contribution in [0.2, 0.25) is 20.4 Å². The van der Waals surface area contributed by atoms with Gasteiger partial charge in [0.15, 0.2) is 5.60 Å². The molecule has 9 nitrogen and oxygen atoms in total. The number of carboxylic acid groups (broad SMARTS) is 1. The number of hydrogen-bond donors (Lipinski definition) is 2. The van der Waals surface area contributed by atoms with Gasteiger partial charge in [-0.1, -0.05) is 84.5 Å². The minimum atomic E-state index is -5.30. The van der Waals surface area contributed by atoms with Crippen LogP contribution in [-0.4, -0.2) is 44.5 Å². The third-order valence-electron chi connectivity index (χ3n) is 10.4. The molecule has 6 rings (SSSR count). The first-order valence-corrected chi connectivity index (χ1v) is 20.2. The lowest BCUT2D eigenvalue weighted by Gasteiger charge is -2.40. The molecular weight excluding hydrogens is 936 g/mol. The van der Waals surface area contributed by atoms with Gasteiger partial charge < -0.3 is 24.4 Å². The van der Waals surface area contributed by atoms with Crippen LogP contribution in [0.5, 0.6) is 23.0 Å². The average Bonchev–Trinajstić information content (AvgIpc) is 3.22. The van der Waals surface area contributed by atoms with Crippen LogP contribution in [-0.2, 0) is 27.2 Å². The van der Waals surface area contributed by atoms with Crippen molar-refractivity contribution in [2.45, 2.75) is 55.7 Å². The number of hydrogen-bond acceptors (Lipinski definition) is 8. The number of nitrogens with zero attached hydrogens (tertiary/aromatic N) is 2. The van der Waals surface area contributed by atoms with Gasteiger partial charge in [0.25, 0.3) is 0 Å². The van der Waals surface area contributed by atoms with E-state index in [1.165, 1.54) is 67.6 Å². The highest BCUT2D eigenvalue weighted by atomic mass is 35.5. The van der Waals surface area contributed by atoms with Crippen LogP contribution in [0.3, 0.4) is 0 Å². The Hall–Kier alpha value is -5.58. The summed E-state index contributed by atoms with van der Waals surface area (Å²) in [7, 11) is 0. The molecule has 4 atom stereocenters. The summed E-state index contributed by atoms with van der Waals surface area (Å²) in [5, 5.41) is 19.2. The lowest BCUT2D eigenvalue weighted by molar-refractivity contribution is -0.274. The summed E-state index contributed by atoms with van der Waals surface area (Å²) in [5.74, 6) is -5.28. The Morgan fingerprint density at radius 1 is 0.609 bits per heavy atom. The Kier molecular flexibility index (Phi) is 14.1. The summed E-state index contributed by atoms with van der Waals surface area (Å²) in [6, 6.07) is 22.4. The highest BCUT2D eigenvalue weighted by Gasteiger charge is 2.64. The predicted molar refractivity (Wildman–Crippen MR) is 226 cm³/mol. The van der Waals surface area contributed by atoms with Gasteiger partial charge in [0.05, 0.1) is 12.0 Å². The van der Waals surface area contributed by atoms with Gasteiger partial charge >= 0.3 is 24.3 Å². The van der Waals surface area contributed by atoms with Crippen LogP contribution in [0.1, 0.15) is 63.9 Å². The van der Waals surface area contributed by atoms with E-state index in [-0.39, 0.29) is 60.7 Å². The molecule has 4 aromatic carbocycles. The molecule has 0 radical (unpaired) electrons. The van der Waals surface area contributed by atoms with Gasteiger partial charge in [-0.15, -0.1) is 0 Å². The van der Waals surface area contributed by atoms with Gasteiger partial charge in [-0.05, 0) is 107 Å². The number of pyridine rings is 2. The third kappa shape index (κ3) is 10.0. The standard InChI is InChI=1S/C45H32Cl4F6N2O7/c1-24(42(61,44(50,51)52)28-15-17-56-38(48)20-28)34-13-11-32(22-36(34)46)63-31-9-5-27(6-10-31)41(60)64-43(45(53,54)55,29-16-18-57-39(49)21-29)25(2)35-14-12-33(23-37(35)47)62-30-7-3-26(4-8-30)19-40(58)59/h3-18,20-25,61H,19H2,1-2H3,(H,58,59). The summed E-state index contributed by atoms with van der Waals surface area (Å²) in [4.78, 5) is 32.3. The van der Waals surface area contributed by atoms with E-state index in [1.54, 1.807) is 12.1 Å². The zero-order valence-electron chi connectivity index (χ0n) is 33.0. The van der Waals surface area contributed by atoms with Crippen LogP contribution < -0.4 is 9.47 Å². The van der Waals surface area contributed by atoms with Crippen LogP contribution in [0.15, 0.2) is 122 Å². The molecule has 64 heavy (non-hydrogen) atoms. The highest BCUT2D eigenvalue weighted by molar-refractivity contribution is 6.32. The number of aliphatic carboxylic acids is 1. The molecule has 2 heterocycles. The van der Waals surface area contributed by atoms with E-state index in [1.807, 2.05) is 0 Å². The minimum Gasteiger partial charge on any atom is -0.481 e. The molecule has 0 saturated carbocycles. The number of carbonyl (C=O) groups is 2. The molecule has 0 aliphatic carbocycles. The van der Waals surface area contributed by atoms with Crippen LogP contribution in [0, 0.1) is 0 Å². The molecule has 0 saturated heterocycles. The maximum Gasteiger partial charge on any atom is 0.433 e. The van der Waals surface area contributed by atoms with Crippen molar-refractivity contribution in [2.24, 2.45) is 0 Å². The van der Waals surface area contributed by atoms with Crippen molar-refractivity contribution >= 4 is 58.3 Å². The van der Waals surface area contributed by atoms with Crippen molar-refractivity contribution in [2.75, 3.05) is 0 Å². The van der Waals surface area contributed by atoms with Crippen molar-refractivity contribution in [3.05, 3.63) is 175 Å². The second-order valence-electron chi connectivity index (χ2n) is 14.4. The smallest absolute Gasteiger partial charge is 0.433 e. The number of halogens is 10. The first-order valence-electron chi connectivity index (χ1n) is 18.7. The van der Waals surface area contributed by atoms with Crippen molar-refractivity contribution in [1.82, 2.24) is 9.97 Å². The fraction of sp³-hybridized carbons (Fsp3) is 0.200. The number of aliphatic hydroxyl groups is 1. The molecule has 0 fully saturated rings. The van der Waals surface area contributed by atoms with Gasteiger partial charge in [-0.2, -0.15) is 26.3 Å². The molecule has 2 N–H and O–H groups in total. The zero-order valence-corrected chi connectivity index (χ0v) is 36.0. The van der Waals surface area contributed by atoms with E-state index in [2.05, 4.69) is 9.97 Å². The maximum atomic E-state index is 15.7. The number of esters is 1. The summed E-state index contributed by atoms with van der Waals surface area (Å²) in [6.07, 6.45) is -8.62. The molecule has 334 valence electrons. The molecule has 19 heteroatoms. The monoisotopic (exact) mass is 966 g/mol. The van der Waals surface area contributed by atoms with E-state index in [0.717, 1.165) is 55.7 Å². The first kappa shape index (κ1) is 47.9. The highest BCUT2D eigenvalue weighted by Crippen LogP contribution is 2.54. The summed E-state index contributed by atoms with van der Waals surface area (Å²) in [6.45, 7) is 2.30. The third-order valence-corrected chi connectivity index (χ3v) is 11.5. The van der Waals surface area contributed by atoms with Crippen molar-refractivity contribution in [3.63, 3.8) is 0 Å². The lowest BCUT2D eigenvalue weighted by Crippen LogP contribution is -2.50. The molecule has 0 aliphatic heterocycles. The quantitative estimate of drug-likeness (QED) is 0.0623. The fourth-order valence-corrected chi connectivity index (χ4v) is 8.09. The van der Waals surface area contributed by atoms with Gasteiger partial charge in [0.2, 0.25) is 5.60 Å². The zero-order chi connectivity index (χ0) is 46.8. The molecule has 6 aromatic rings. The Morgan fingerprint density at radius 2 is 1.06 bits per heavy atom. The van der Waals surface area contributed by atoms with Crippen LogP contribution >= 0.6 is 46.4 Å². The van der Waals surface area contributed by atoms with Crippen LogP contribution in [0.25, 0.3) is 0 Å². The number of carbonyl (C=O) groups excluding carboxylic acids is 1. The van der Waals surface area contributed by atoms with E-state index in [9.17, 15) is 27.9 Å². The molecule has 2 aromatic heterocycles. The second kappa shape index (κ2) is 18.9. The Balaban J connectivity index is 1.25. The largest absolute Gasteiger partial charge is 0.481 e.